The van der Waals surface area contributed by atoms with Gasteiger partial charge in [0.1, 0.15) is 17.0 Å². The van der Waals surface area contributed by atoms with Gasteiger partial charge in [0.05, 0.1) is 31.8 Å². The Balaban J connectivity index is 2.84. The molecule has 90 valence electrons. The maximum Gasteiger partial charge on any atom is 0.148 e. The molecule has 2 rings (SSSR count). The van der Waals surface area contributed by atoms with Gasteiger partial charge in [0.2, 0.25) is 0 Å². The molecule has 0 saturated heterocycles. The third kappa shape index (κ3) is 1.80. The van der Waals surface area contributed by atoms with Crippen molar-refractivity contribution < 1.29 is 9.47 Å². The van der Waals surface area contributed by atoms with Crippen LogP contribution in [0.4, 0.5) is 11.4 Å². The molecule has 5 nitrogen and oxygen atoms in total. The summed E-state index contributed by atoms with van der Waals surface area (Å²) in [5.74, 6) is 1.37. The van der Waals surface area contributed by atoms with Crippen molar-refractivity contribution in [3.05, 3.63) is 18.3 Å². The Labute approximate surface area is 99.5 Å². The second-order valence-electron chi connectivity index (χ2n) is 3.56. The van der Waals surface area contributed by atoms with Gasteiger partial charge in [-0.3, -0.25) is 4.98 Å². The first-order chi connectivity index (χ1) is 8.21. The van der Waals surface area contributed by atoms with Crippen LogP contribution in [0.25, 0.3) is 10.9 Å². The number of methoxy groups -OCH3 is 2. The third-order valence-corrected chi connectivity index (χ3v) is 2.64. The standard InChI is InChI=1S/C12H15N3O2/c1-14-11-8-4-7(16-2)5-10(17-3)12(8)15-6-9(11)13/h4-6H,13H2,1-3H3,(H,14,15). The number of nitrogens with zero attached hydrogens (tertiary/aromatic N) is 1. The molecule has 0 aliphatic carbocycles. The normalized spacial score (nSPS) is 10.3. The number of ether oxygens (including phenoxy) is 2. The van der Waals surface area contributed by atoms with Gasteiger partial charge in [-0.15, -0.1) is 0 Å². The van der Waals surface area contributed by atoms with E-state index in [1.54, 1.807) is 26.5 Å². The van der Waals surface area contributed by atoms with Crippen molar-refractivity contribution in [1.29, 1.82) is 0 Å². The highest BCUT2D eigenvalue weighted by molar-refractivity contribution is 6.00. The van der Waals surface area contributed by atoms with Gasteiger partial charge >= 0.3 is 0 Å². The van der Waals surface area contributed by atoms with Gasteiger partial charge in [0.25, 0.3) is 0 Å². The van der Waals surface area contributed by atoms with E-state index < -0.39 is 0 Å². The summed E-state index contributed by atoms with van der Waals surface area (Å²) in [5, 5.41) is 3.94. The van der Waals surface area contributed by atoms with Crippen molar-refractivity contribution in [3.63, 3.8) is 0 Å². The number of pyridine rings is 1. The van der Waals surface area contributed by atoms with E-state index in [9.17, 15) is 0 Å². The first kappa shape index (κ1) is 11.3. The molecular formula is C12H15N3O2. The fourth-order valence-electron chi connectivity index (χ4n) is 1.81. The fraction of sp³-hybridized carbons (Fsp3) is 0.250. The number of rotatable bonds is 3. The lowest BCUT2D eigenvalue weighted by molar-refractivity contribution is 0.397. The Morgan fingerprint density at radius 3 is 2.59 bits per heavy atom. The summed E-state index contributed by atoms with van der Waals surface area (Å²) in [7, 11) is 5.03. The van der Waals surface area contributed by atoms with E-state index >= 15 is 0 Å². The Hall–Kier alpha value is -2.17. The van der Waals surface area contributed by atoms with E-state index in [1.807, 2.05) is 13.1 Å². The molecule has 1 heterocycles. The highest BCUT2D eigenvalue weighted by Gasteiger charge is 2.11. The zero-order valence-electron chi connectivity index (χ0n) is 10.1. The van der Waals surface area contributed by atoms with Crippen LogP contribution in [-0.4, -0.2) is 26.3 Å². The van der Waals surface area contributed by atoms with Gasteiger partial charge in [-0.25, -0.2) is 0 Å². The number of nitrogen functional groups attached to an aromatic ring is 1. The minimum Gasteiger partial charge on any atom is -0.497 e. The predicted molar refractivity (Wildman–Crippen MR) is 68.8 cm³/mol. The van der Waals surface area contributed by atoms with E-state index in [1.165, 1.54) is 0 Å². The van der Waals surface area contributed by atoms with Crippen LogP contribution in [0.2, 0.25) is 0 Å². The minimum atomic E-state index is 0.593. The monoisotopic (exact) mass is 233 g/mol. The molecule has 1 aromatic carbocycles. The number of fused-ring (bicyclic) bond motifs is 1. The van der Waals surface area contributed by atoms with Crippen LogP contribution < -0.4 is 20.5 Å². The third-order valence-electron chi connectivity index (χ3n) is 2.64. The Morgan fingerprint density at radius 2 is 2.00 bits per heavy atom. The van der Waals surface area contributed by atoms with Crippen LogP contribution in [0.3, 0.4) is 0 Å². The molecule has 0 radical (unpaired) electrons. The largest absolute Gasteiger partial charge is 0.497 e. The Bertz CT molecular complexity index is 555. The van der Waals surface area contributed by atoms with Crippen molar-refractivity contribution in [2.75, 3.05) is 32.3 Å². The summed E-state index contributed by atoms with van der Waals surface area (Å²) in [5.41, 5.74) is 8.05. The summed E-state index contributed by atoms with van der Waals surface area (Å²) in [6.07, 6.45) is 1.61. The Morgan fingerprint density at radius 1 is 1.24 bits per heavy atom. The van der Waals surface area contributed by atoms with Gasteiger partial charge in [-0.05, 0) is 6.07 Å². The zero-order valence-corrected chi connectivity index (χ0v) is 10.1. The number of aromatic nitrogens is 1. The lowest BCUT2D eigenvalue weighted by Crippen LogP contribution is -1.99. The van der Waals surface area contributed by atoms with Crippen molar-refractivity contribution in [2.24, 2.45) is 0 Å². The fourth-order valence-corrected chi connectivity index (χ4v) is 1.81. The summed E-state index contributed by atoms with van der Waals surface area (Å²) in [4.78, 5) is 4.29. The molecule has 2 aromatic rings. The van der Waals surface area contributed by atoms with Crippen LogP contribution in [0.15, 0.2) is 18.3 Å². The van der Waals surface area contributed by atoms with E-state index in [2.05, 4.69) is 10.3 Å². The molecule has 0 spiro atoms. The maximum absolute atomic E-state index is 5.87. The lowest BCUT2D eigenvalue weighted by Gasteiger charge is -2.12. The number of anilines is 2. The number of nitrogens with two attached hydrogens (primary N) is 1. The molecule has 0 atom stereocenters. The molecule has 3 N–H and O–H groups in total. The number of nitrogens with one attached hydrogen (secondary N) is 1. The average molecular weight is 233 g/mol. The quantitative estimate of drug-likeness (QED) is 0.847. The molecular weight excluding hydrogens is 218 g/mol. The summed E-state index contributed by atoms with van der Waals surface area (Å²) in [6, 6.07) is 3.68. The van der Waals surface area contributed by atoms with Crippen molar-refractivity contribution >= 4 is 22.3 Å². The van der Waals surface area contributed by atoms with Crippen LogP contribution in [0.5, 0.6) is 11.5 Å². The molecule has 0 aliphatic rings. The topological polar surface area (TPSA) is 69.4 Å². The first-order valence-electron chi connectivity index (χ1n) is 5.19. The van der Waals surface area contributed by atoms with E-state index in [-0.39, 0.29) is 0 Å². The summed E-state index contributed by atoms with van der Waals surface area (Å²) >= 11 is 0. The van der Waals surface area contributed by atoms with Crippen molar-refractivity contribution in [3.8, 4) is 11.5 Å². The van der Waals surface area contributed by atoms with Gasteiger partial charge in [0.15, 0.2) is 0 Å². The van der Waals surface area contributed by atoms with Crippen molar-refractivity contribution in [2.45, 2.75) is 0 Å². The molecule has 0 amide bonds. The highest BCUT2D eigenvalue weighted by Crippen LogP contribution is 2.36. The number of hydrogen-bond acceptors (Lipinski definition) is 5. The van der Waals surface area contributed by atoms with Crippen LogP contribution in [0.1, 0.15) is 0 Å². The molecule has 1 aromatic heterocycles. The smallest absolute Gasteiger partial charge is 0.148 e. The summed E-state index contributed by atoms with van der Waals surface area (Å²) < 4.78 is 10.5. The van der Waals surface area contributed by atoms with Crippen LogP contribution >= 0.6 is 0 Å². The van der Waals surface area contributed by atoms with E-state index in [0.717, 1.165) is 16.6 Å². The average Bonchev–Trinajstić information content (AvgIpc) is 2.37. The molecule has 0 saturated carbocycles. The molecule has 0 bridgehead atoms. The molecule has 5 heteroatoms. The van der Waals surface area contributed by atoms with Gasteiger partial charge in [-0.2, -0.15) is 0 Å². The van der Waals surface area contributed by atoms with Crippen molar-refractivity contribution in [1.82, 2.24) is 4.98 Å². The van der Waals surface area contributed by atoms with E-state index in [0.29, 0.717) is 17.2 Å². The molecule has 17 heavy (non-hydrogen) atoms. The Kier molecular flexibility index (Phi) is 2.91. The minimum absolute atomic E-state index is 0.593. The predicted octanol–water partition coefficient (Wildman–Crippen LogP) is 1.88. The van der Waals surface area contributed by atoms with Gasteiger partial charge < -0.3 is 20.5 Å². The second-order valence-corrected chi connectivity index (χ2v) is 3.56. The molecule has 0 unspecified atom stereocenters. The van der Waals surface area contributed by atoms with Gasteiger partial charge in [0, 0.05) is 18.5 Å². The van der Waals surface area contributed by atoms with Gasteiger partial charge in [-0.1, -0.05) is 0 Å². The lowest BCUT2D eigenvalue weighted by atomic mass is 10.1. The molecule has 0 aliphatic heterocycles. The zero-order chi connectivity index (χ0) is 12.4. The SMILES string of the molecule is CNc1c(N)cnc2c(OC)cc(OC)cc12. The van der Waals surface area contributed by atoms with E-state index in [4.69, 9.17) is 15.2 Å². The summed E-state index contributed by atoms with van der Waals surface area (Å²) in [6.45, 7) is 0. The van der Waals surface area contributed by atoms with Crippen LogP contribution in [-0.2, 0) is 0 Å². The second kappa shape index (κ2) is 4.37. The number of benzene rings is 1. The number of hydrogen-bond donors (Lipinski definition) is 2. The highest BCUT2D eigenvalue weighted by atomic mass is 16.5. The first-order valence-corrected chi connectivity index (χ1v) is 5.19. The van der Waals surface area contributed by atoms with Crippen LogP contribution in [0, 0.1) is 0 Å². The maximum atomic E-state index is 5.87. The molecule has 0 fully saturated rings.